The van der Waals surface area contributed by atoms with E-state index in [4.69, 9.17) is 14.2 Å². The average Bonchev–Trinajstić information content (AvgIpc) is 3.13. The maximum absolute atomic E-state index is 12.6. The molecule has 0 bridgehead atoms. The number of rotatable bonds is 39. The van der Waals surface area contributed by atoms with Crippen molar-refractivity contribution in [2.24, 2.45) is 0 Å². The first-order valence-electron chi connectivity index (χ1n) is 21.8. The fourth-order valence-corrected chi connectivity index (χ4v) is 6.12. The van der Waals surface area contributed by atoms with E-state index in [2.05, 4.69) is 45.1 Å². The van der Waals surface area contributed by atoms with E-state index in [-0.39, 0.29) is 31.1 Å². The monoisotopic (exact) mass is 719 g/mol. The van der Waals surface area contributed by atoms with Crippen molar-refractivity contribution in [3.05, 3.63) is 24.3 Å². The third-order valence-corrected chi connectivity index (χ3v) is 9.46. The molecule has 0 heterocycles. The molecular formula is C45H82O6. The molecule has 0 aliphatic heterocycles. The fourth-order valence-electron chi connectivity index (χ4n) is 6.12. The summed E-state index contributed by atoms with van der Waals surface area (Å²) in [6.07, 6.45) is 43.2. The molecule has 0 aromatic rings. The van der Waals surface area contributed by atoms with Crippen molar-refractivity contribution in [3.63, 3.8) is 0 Å². The molecule has 0 saturated heterocycles. The summed E-state index contributed by atoms with van der Waals surface area (Å²) in [6, 6.07) is 0. The lowest BCUT2D eigenvalue weighted by molar-refractivity contribution is -0.167. The first kappa shape index (κ1) is 48.9. The second-order valence-electron chi connectivity index (χ2n) is 14.6. The van der Waals surface area contributed by atoms with Crippen LogP contribution < -0.4 is 0 Å². The number of allylic oxidation sites excluding steroid dienone is 4. The predicted molar refractivity (Wildman–Crippen MR) is 215 cm³/mol. The van der Waals surface area contributed by atoms with Gasteiger partial charge < -0.3 is 14.2 Å². The predicted octanol–water partition coefficient (Wildman–Crippen LogP) is 13.6. The third kappa shape index (κ3) is 38.9. The zero-order chi connectivity index (χ0) is 37.3. The maximum Gasteiger partial charge on any atom is 0.306 e. The Bertz CT molecular complexity index is 835. The molecule has 0 radical (unpaired) electrons. The van der Waals surface area contributed by atoms with Crippen LogP contribution in [0.25, 0.3) is 0 Å². The summed E-state index contributed by atoms with van der Waals surface area (Å²) in [5.41, 5.74) is 0. The van der Waals surface area contributed by atoms with Crippen LogP contribution in [0.1, 0.15) is 226 Å². The lowest BCUT2D eigenvalue weighted by atomic mass is 10.1. The van der Waals surface area contributed by atoms with Gasteiger partial charge in [-0.2, -0.15) is 0 Å². The van der Waals surface area contributed by atoms with Gasteiger partial charge in [-0.25, -0.2) is 0 Å². The zero-order valence-electron chi connectivity index (χ0n) is 33.9. The second kappa shape index (κ2) is 40.7. The topological polar surface area (TPSA) is 78.9 Å². The summed E-state index contributed by atoms with van der Waals surface area (Å²) in [7, 11) is 0. The van der Waals surface area contributed by atoms with Crippen LogP contribution in [-0.2, 0) is 28.6 Å². The van der Waals surface area contributed by atoms with Crippen molar-refractivity contribution in [2.45, 2.75) is 232 Å². The minimum Gasteiger partial charge on any atom is -0.462 e. The van der Waals surface area contributed by atoms with Crippen LogP contribution in [0.3, 0.4) is 0 Å². The van der Waals surface area contributed by atoms with E-state index in [0.717, 1.165) is 70.6 Å². The van der Waals surface area contributed by atoms with Gasteiger partial charge in [0, 0.05) is 19.3 Å². The van der Waals surface area contributed by atoms with Crippen molar-refractivity contribution in [1.82, 2.24) is 0 Å². The van der Waals surface area contributed by atoms with Crippen LogP contribution >= 0.6 is 0 Å². The summed E-state index contributed by atoms with van der Waals surface area (Å²) in [4.78, 5) is 37.4. The number of hydrogen-bond donors (Lipinski definition) is 0. The van der Waals surface area contributed by atoms with Crippen LogP contribution in [0, 0.1) is 0 Å². The van der Waals surface area contributed by atoms with Gasteiger partial charge in [0.15, 0.2) is 6.10 Å². The van der Waals surface area contributed by atoms with Crippen LogP contribution in [0.15, 0.2) is 24.3 Å². The fraction of sp³-hybridized carbons (Fsp3) is 0.844. The van der Waals surface area contributed by atoms with E-state index in [9.17, 15) is 14.4 Å². The van der Waals surface area contributed by atoms with Crippen molar-refractivity contribution >= 4 is 17.9 Å². The lowest BCUT2D eigenvalue weighted by Crippen LogP contribution is -2.30. The SMILES string of the molecule is CCCCC/C=C\C/C=C\CCCCCCCCCC(=O)OCC(COC(=O)CCCCCCCC)OC(=O)CCCCCCCCCCCC. The minimum atomic E-state index is -0.764. The summed E-state index contributed by atoms with van der Waals surface area (Å²) < 4.78 is 16.6. The summed E-state index contributed by atoms with van der Waals surface area (Å²) >= 11 is 0. The van der Waals surface area contributed by atoms with E-state index < -0.39 is 6.10 Å². The highest BCUT2D eigenvalue weighted by Crippen LogP contribution is 2.14. The highest BCUT2D eigenvalue weighted by atomic mass is 16.6. The smallest absolute Gasteiger partial charge is 0.306 e. The van der Waals surface area contributed by atoms with Crippen LogP contribution in [0.4, 0.5) is 0 Å². The standard InChI is InChI=1S/C45H82O6/c1-4-7-10-13-16-18-20-21-22-23-24-25-26-28-29-32-35-38-44(47)50-41-42(40-49-43(46)37-34-31-15-12-9-6-3)51-45(48)39-36-33-30-27-19-17-14-11-8-5-2/h16,18,21-22,42H,4-15,17,19-20,23-41H2,1-3H3/b18-16-,22-21-. The molecule has 0 aromatic heterocycles. The summed E-state index contributed by atoms with van der Waals surface area (Å²) in [5, 5.41) is 0. The van der Waals surface area contributed by atoms with Crippen molar-refractivity contribution in [3.8, 4) is 0 Å². The molecule has 0 saturated carbocycles. The first-order chi connectivity index (χ1) is 25.0. The molecule has 0 aromatic carbocycles. The molecule has 0 N–H and O–H groups in total. The molecule has 0 rings (SSSR count). The normalized spacial score (nSPS) is 12.1. The highest BCUT2D eigenvalue weighted by Gasteiger charge is 2.19. The van der Waals surface area contributed by atoms with Gasteiger partial charge in [-0.3, -0.25) is 14.4 Å². The minimum absolute atomic E-state index is 0.0717. The third-order valence-electron chi connectivity index (χ3n) is 9.46. The van der Waals surface area contributed by atoms with Crippen molar-refractivity contribution in [1.29, 1.82) is 0 Å². The van der Waals surface area contributed by atoms with Gasteiger partial charge in [0.2, 0.25) is 0 Å². The number of ether oxygens (including phenoxy) is 3. The van der Waals surface area contributed by atoms with Gasteiger partial charge in [0.25, 0.3) is 0 Å². The number of hydrogen-bond acceptors (Lipinski definition) is 6. The molecule has 0 amide bonds. The first-order valence-corrected chi connectivity index (χ1v) is 21.8. The molecule has 0 fully saturated rings. The Labute approximate surface area is 315 Å². The Hall–Kier alpha value is -2.11. The molecule has 51 heavy (non-hydrogen) atoms. The van der Waals surface area contributed by atoms with Gasteiger partial charge in [-0.15, -0.1) is 0 Å². The number of carbonyl (C=O) groups excluding carboxylic acids is 3. The van der Waals surface area contributed by atoms with Crippen LogP contribution in [-0.4, -0.2) is 37.2 Å². The van der Waals surface area contributed by atoms with Gasteiger partial charge in [0.05, 0.1) is 0 Å². The van der Waals surface area contributed by atoms with Gasteiger partial charge in [-0.1, -0.05) is 180 Å². The van der Waals surface area contributed by atoms with Gasteiger partial charge in [-0.05, 0) is 51.4 Å². The highest BCUT2D eigenvalue weighted by molar-refractivity contribution is 5.71. The Balaban J connectivity index is 4.23. The Morgan fingerprint density at radius 3 is 1.12 bits per heavy atom. The van der Waals surface area contributed by atoms with Crippen molar-refractivity contribution in [2.75, 3.05) is 13.2 Å². The molecule has 0 aliphatic rings. The summed E-state index contributed by atoms with van der Waals surface area (Å²) in [5.74, 6) is -0.888. The second-order valence-corrected chi connectivity index (χ2v) is 14.6. The van der Waals surface area contributed by atoms with E-state index in [1.807, 2.05) is 0 Å². The van der Waals surface area contributed by atoms with Gasteiger partial charge in [0.1, 0.15) is 13.2 Å². The lowest BCUT2D eigenvalue weighted by Gasteiger charge is -2.18. The molecular weight excluding hydrogens is 636 g/mol. The van der Waals surface area contributed by atoms with E-state index in [1.54, 1.807) is 0 Å². The molecule has 1 unspecified atom stereocenters. The number of carbonyl (C=O) groups is 3. The average molecular weight is 719 g/mol. The Kier molecular flexibility index (Phi) is 39.0. The quantitative estimate of drug-likeness (QED) is 0.0272. The molecule has 0 spiro atoms. The Morgan fingerprint density at radius 1 is 0.392 bits per heavy atom. The van der Waals surface area contributed by atoms with E-state index in [1.165, 1.54) is 116 Å². The molecule has 0 aliphatic carbocycles. The van der Waals surface area contributed by atoms with Crippen LogP contribution in [0.2, 0.25) is 0 Å². The zero-order valence-corrected chi connectivity index (χ0v) is 33.9. The van der Waals surface area contributed by atoms with Gasteiger partial charge >= 0.3 is 17.9 Å². The number of esters is 3. The van der Waals surface area contributed by atoms with E-state index >= 15 is 0 Å². The van der Waals surface area contributed by atoms with Crippen LogP contribution in [0.5, 0.6) is 0 Å². The number of unbranched alkanes of at least 4 members (excludes halogenated alkanes) is 24. The molecule has 1 atom stereocenters. The largest absolute Gasteiger partial charge is 0.462 e. The van der Waals surface area contributed by atoms with E-state index in [0.29, 0.717) is 19.3 Å². The summed E-state index contributed by atoms with van der Waals surface area (Å²) in [6.45, 7) is 6.53. The molecule has 6 heteroatoms. The van der Waals surface area contributed by atoms with Crippen molar-refractivity contribution < 1.29 is 28.6 Å². The Morgan fingerprint density at radius 2 is 0.706 bits per heavy atom. The molecule has 6 nitrogen and oxygen atoms in total. The molecule has 298 valence electrons. The maximum atomic E-state index is 12.6.